The van der Waals surface area contributed by atoms with Gasteiger partial charge in [0.25, 0.3) is 6.43 Å². The molecule has 0 aromatic carbocycles. The fourth-order valence-corrected chi connectivity index (χ4v) is 8.96. The summed E-state index contributed by atoms with van der Waals surface area (Å²) < 4.78 is 50.9. The van der Waals surface area contributed by atoms with E-state index in [2.05, 4.69) is 36.7 Å². The number of halogens is 2. The minimum absolute atomic E-state index is 0.122. The number of nitrogens with one attached hydrogen (secondary N) is 1. The van der Waals surface area contributed by atoms with Gasteiger partial charge < -0.3 is 9.64 Å². The summed E-state index contributed by atoms with van der Waals surface area (Å²) in [6.07, 6.45) is -0.232. The molecule has 3 aliphatic heterocycles. The highest BCUT2D eigenvalue weighted by atomic mass is 32.2. The van der Waals surface area contributed by atoms with Crippen molar-refractivity contribution in [3.8, 4) is 10.6 Å². The van der Waals surface area contributed by atoms with Crippen molar-refractivity contribution in [1.29, 1.82) is 0 Å². The Morgan fingerprint density at radius 3 is 2.91 bits per heavy atom. The average molecular weight is 508 g/mol. The molecule has 1 N–H and O–H groups in total. The Morgan fingerprint density at radius 2 is 2.18 bits per heavy atom. The van der Waals surface area contributed by atoms with Crippen molar-refractivity contribution in [1.82, 2.24) is 29.4 Å². The molecule has 3 atom stereocenters. The number of rotatable bonds is 4. The maximum absolute atomic E-state index is 13.8. The molecule has 0 spiro atoms. The van der Waals surface area contributed by atoms with Crippen molar-refractivity contribution >= 4 is 37.2 Å². The Balaban J connectivity index is 1.37. The van der Waals surface area contributed by atoms with E-state index in [0.717, 1.165) is 61.2 Å². The van der Waals surface area contributed by atoms with Gasteiger partial charge in [-0.2, -0.15) is 5.10 Å². The number of fused-ring (bicyclic) bond motifs is 3. The van der Waals surface area contributed by atoms with Crippen molar-refractivity contribution in [3.05, 3.63) is 23.3 Å². The maximum atomic E-state index is 13.8. The number of aromatic nitrogens is 4. The number of anilines is 1. The van der Waals surface area contributed by atoms with Crippen LogP contribution in [-0.2, 0) is 14.4 Å². The van der Waals surface area contributed by atoms with Crippen LogP contribution in [0.3, 0.4) is 0 Å². The van der Waals surface area contributed by atoms with E-state index in [9.17, 15) is 13.0 Å². The topological polar surface area (TPSA) is 87.9 Å². The highest BCUT2D eigenvalue weighted by molar-refractivity contribution is 8.03. The Kier molecular flexibility index (Phi) is 4.45. The van der Waals surface area contributed by atoms with Gasteiger partial charge in [0.05, 0.1) is 56.7 Å². The average Bonchev–Trinajstić information content (AvgIpc) is 3.22. The quantitative estimate of drug-likeness (QED) is 0.539. The molecule has 2 unspecified atom stereocenters. The molecule has 4 aliphatic rings. The summed E-state index contributed by atoms with van der Waals surface area (Å²) in [5.74, 6) is 0.835. The molecule has 2 saturated heterocycles. The largest absolute Gasteiger partial charge is 0.378 e. The smallest absolute Gasteiger partial charge is 0.291 e. The van der Waals surface area contributed by atoms with Crippen LogP contribution in [0.25, 0.3) is 16.1 Å². The fraction of sp³-hybridized carbons (Fsp3) is 0.524. The van der Waals surface area contributed by atoms with Gasteiger partial charge in [0.15, 0.2) is 10.0 Å². The van der Waals surface area contributed by atoms with E-state index < -0.39 is 16.1 Å². The lowest BCUT2D eigenvalue weighted by Gasteiger charge is -2.44. The minimum atomic E-state index is -2.68. The maximum Gasteiger partial charge on any atom is 0.291 e. The second kappa shape index (κ2) is 7.17. The number of ether oxygens (including phenoxy) is 1. The molecule has 34 heavy (non-hydrogen) atoms. The van der Waals surface area contributed by atoms with Crippen molar-refractivity contribution in [2.45, 2.75) is 36.2 Å². The van der Waals surface area contributed by atoms with Crippen LogP contribution in [0.5, 0.6) is 0 Å². The summed E-state index contributed by atoms with van der Waals surface area (Å²) in [7, 11) is -2.48. The van der Waals surface area contributed by atoms with Crippen molar-refractivity contribution < 1.29 is 17.7 Å². The summed E-state index contributed by atoms with van der Waals surface area (Å²) >= 11 is 0.857. The van der Waals surface area contributed by atoms with Crippen LogP contribution in [0.1, 0.15) is 24.8 Å². The molecule has 3 aromatic rings. The molecule has 9 nitrogen and oxygen atoms in total. The van der Waals surface area contributed by atoms with E-state index in [1.165, 1.54) is 0 Å². The molecule has 6 heterocycles. The van der Waals surface area contributed by atoms with Gasteiger partial charge in [-0.1, -0.05) is 11.3 Å². The first-order chi connectivity index (χ1) is 16.4. The number of morpholine rings is 1. The van der Waals surface area contributed by atoms with Crippen LogP contribution in [-0.4, -0.2) is 84.8 Å². The normalized spacial score (nSPS) is 31.0. The van der Waals surface area contributed by atoms with E-state index >= 15 is 0 Å². The van der Waals surface area contributed by atoms with Crippen LogP contribution in [0, 0.1) is 0 Å². The van der Waals surface area contributed by atoms with Crippen LogP contribution in [0.2, 0.25) is 0 Å². The van der Waals surface area contributed by atoms with Gasteiger partial charge in [-0.25, -0.2) is 22.2 Å². The molecule has 3 aromatic heterocycles. The molecule has 3 fully saturated rings. The zero-order chi connectivity index (χ0) is 23.2. The lowest BCUT2D eigenvalue weighted by atomic mass is 10.1. The molecule has 13 heteroatoms. The Morgan fingerprint density at radius 1 is 1.29 bits per heavy atom. The van der Waals surface area contributed by atoms with Crippen LogP contribution in [0.4, 0.5) is 14.6 Å². The first-order valence-corrected chi connectivity index (χ1v) is 13.6. The van der Waals surface area contributed by atoms with E-state index in [1.54, 1.807) is 10.7 Å². The molecule has 1 saturated carbocycles. The molecule has 0 bridgehead atoms. The monoisotopic (exact) mass is 507 g/mol. The predicted octanol–water partition coefficient (Wildman–Crippen LogP) is 1.81. The Labute approximate surface area is 198 Å². The summed E-state index contributed by atoms with van der Waals surface area (Å²) in [4.78, 5) is 6.44. The molecule has 0 radical (unpaired) electrons. The number of nitrogens with zero attached hydrogens (tertiary/aromatic N) is 6. The molecule has 1 aliphatic carbocycles. The summed E-state index contributed by atoms with van der Waals surface area (Å²) in [5, 5.41) is 12.3. The van der Waals surface area contributed by atoms with E-state index in [4.69, 9.17) is 4.74 Å². The second-order valence-corrected chi connectivity index (χ2v) is 12.7. The number of hydrogen-bond donors (Lipinski definition) is 1. The summed E-state index contributed by atoms with van der Waals surface area (Å²) in [5.41, 5.74) is 1.17. The molecular formula is C21H23F2N7O2S2. The van der Waals surface area contributed by atoms with Gasteiger partial charge >= 0.3 is 0 Å². The van der Waals surface area contributed by atoms with Crippen LogP contribution >= 0.6 is 11.3 Å². The number of hydrogen-bond acceptors (Lipinski definition) is 8. The molecule has 0 amide bonds. The van der Waals surface area contributed by atoms with Crippen LogP contribution in [0.15, 0.2) is 23.2 Å². The predicted molar refractivity (Wildman–Crippen MR) is 125 cm³/mol. The first-order valence-electron chi connectivity index (χ1n) is 11.3. The van der Waals surface area contributed by atoms with E-state index in [-0.39, 0.29) is 16.6 Å². The number of pyridine rings is 1. The van der Waals surface area contributed by atoms with E-state index in [0.29, 0.717) is 27.6 Å². The third-order valence-electron chi connectivity index (χ3n) is 7.25. The Bertz CT molecular complexity index is 1450. The van der Waals surface area contributed by atoms with Gasteiger partial charge in [0.2, 0.25) is 0 Å². The SMILES string of the molecule is CC12CC1=S(=O)(c1cc(N3CCN4CCOC[C@H]4C3)n3ncc(-c4nnc(C(F)F)s4)c3c1)N2. The van der Waals surface area contributed by atoms with Crippen molar-refractivity contribution in [2.24, 2.45) is 0 Å². The highest BCUT2D eigenvalue weighted by Crippen LogP contribution is 2.46. The lowest BCUT2D eigenvalue weighted by molar-refractivity contribution is -0.0118. The minimum Gasteiger partial charge on any atom is -0.378 e. The highest BCUT2D eigenvalue weighted by Gasteiger charge is 2.59. The van der Waals surface area contributed by atoms with Gasteiger partial charge in [-0.3, -0.25) is 4.90 Å². The van der Waals surface area contributed by atoms with Gasteiger partial charge in [-0.05, 0) is 19.1 Å². The summed E-state index contributed by atoms with van der Waals surface area (Å²) in [6.45, 7) is 6.91. The van der Waals surface area contributed by atoms with E-state index in [1.807, 2.05) is 12.1 Å². The second-order valence-electron chi connectivity index (χ2n) is 9.45. The third kappa shape index (κ3) is 3.00. The lowest BCUT2D eigenvalue weighted by Crippen LogP contribution is -2.58. The first kappa shape index (κ1) is 21.1. The zero-order valence-electron chi connectivity index (χ0n) is 18.4. The fourth-order valence-electron chi connectivity index (χ4n) is 5.31. The van der Waals surface area contributed by atoms with Crippen molar-refractivity contribution in [3.63, 3.8) is 0 Å². The standard InChI is InChI=1S/C21H23F2N7O2S2/c1-21-8-16(21)34(31,27-21)13-6-15-14(19-25-26-20(33-19)18(22)23)9-24-30(15)17(7-13)29-3-2-28-4-5-32-11-12(28)10-29/h6-7,9,12,18H,2-5,8,10-11H2,1H3,(H,27,31)/t12-,21?,34?/m1/s1. The summed E-state index contributed by atoms with van der Waals surface area (Å²) in [6, 6.07) is 4.10. The van der Waals surface area contributed by atoms with Gasteiger partial charge in [0.1, 0.15) is 5.82 Å². The van der Waals surface area contributed by atoms with Crippen molar-refractivity contribution in [2.75, 3.05) is 44.3 Å². The number of piperazine rings is 1. The van der Waals surface area contributed by atoms with Crippen LogP contribution < -0.4 is 9.62 Å². The van der Waals surface area contributed by atoms with Gasteiger partial charge in [0, 0.05) is 37.5 Å². The number of alkyl halides is 2. The van der Waals surface area contributed by atoms with Gasteiger partial charge in [-0.15, -0.1) is 10.2 Å². The third-order valence-corrected chi connectivity index (χ3v) is 11.1. The molecule has 7 rings (SSSR count). The zero-order valence-corrected chi connectivity index (χ0v) is 20.0. The molecule has 180 valence electrons. The molecular weight excluding hydrogens is 484 g/mol. The Hall–Kier alpha value is -2.19.